The number of rotatable bonds is 3. The summed E-state index contributed by atoms with van der Waals surface area (Å²) in [5.41, 5.74) is 2.07. The van der Waals surface area contributed by atoms with E-state index >= 15 is 0 Å². The number of aliphatic hydroxyl groups is 1. The molecule has 2 amide bonds. The molecule has 0 saturated carbocycles. The van der Waals surface area contributed by atoms with Crippen LogP contribution in [0.1, 0.15) is 21.5 Å². The molecule has 0 fully saturated rings. The van der Waals surface area contributed by atoms with Crippen LogP contribution in [0.3, 0.4) is 0 Å². The minimum absolute atomic E-state index is 0.0772. The van der Waals surface area contributed by atoms with Gasteiger partial charge in [0.25, 0.3) is 0 Å². The number of benzene rings is 1. The number of aromatic carboxylic acids is 1. The molecule has 0 saturated heterocycles. The minimum atomic E-state index is -0.968. The Morgan fingerprint density at radius 2 is 2.00 bits per heavy atom. The number of carboxylic acids is 1. The number of carbonyl (C=O) groups is 2. The number of carbonyl (C=O) groups excluding carboxylic acids is 1. The Morgan fingerprint density at radius 3 is 2.63 bits per heavy atom. The molecule has 1 heterocycles. The van der Waals surface area contributed by atoms with E-state index < -0.39 is 5.97 Å². The van der Waals surface area contributed by atoms with Gasteiger partial charge in [0.2, 0.25) is 0 Å². The summed E-state index contributed by atoms with van der Waals surface area (Å²) in [4.78, 5) is 26.0. The van der Waals surface area contributed by atoms with Crippen molar-refractivity contribution in [3.63, 3.8) is 0 Å². The largest absolute Gasteiger partial charge is 0.478 e. The molecule has 0 unspecified atom stereocenters. The van der Waals surface area contributed by atoms with Gasteiger partial charge in [0, 0.05) is 26.7 Å². The number of fused-ring (bicyclic) bond motifs is 1. The van der Waals surface area contributed by atoms with E-state index in [1.54, 1.807) is 30.1 Å². The van der Waals surface area contributed by atoms with Gasteiger partial charge in [0.05, 0.1) is 12.2 Å². The van der Waals surface area contributed by atoms with Gasteiger partial charge < -0.3 is 20.0 Å². The Morgan fingerprint density at radius 1 is 1.32 bits per heavy atom. The van der Waals surface area contributed by atoms with Crippen LogP contribution in [0.5, 0.6) is 0 Å². The summed E-state index contributed by atoms with van der Waals surface area (Å²) in [5, 5.41) is 17.8. The molecule has 1 aromatic rings. The molecule has 0 aromatic heterocycles. The van der Waals surface area contributed by atoms with E-state index in [2.05, 4.69) is 0 Å². The quantitative estimate of drug-likeness (QED) is 0.844. The number of urea groups is 1. The van der Waals surface area contributed by atoms with Gasteiger partial charge in [-0.05, 0) is 23.3 Å². The standard InChI is InChI=1S/C13H16N2O4/c1-14(4-5-16)13(19)15-7-10-3-2-9(12(17)18)6-11(10)8-15/h2-3,6,16H,4-5,7-8H2,1H3,(H,17,18). The first kappa shape index (κ1) is 13.4. The molecule has 0 atom stereocenters. The summed E-state index contributed by atoms with van der Waals surface area (Å²) in [5.74, 6) is -0.968. The van der Waals surface area contributed by atoms with Crippen molar-refractivity contribution in [2.75, 3.05) is 20.2 Å². The molecule has 19 heavy (non-hydrogen) atoms. The summed E-state index contributed by atoms with van der Waals surface area (Å²) in [7, 11) is 1.63. The molecular weight excluding hydrogens is 248 g/mol. The van der Waals surface area contributed by atoms with Crippen molar-refractivity contribution in [1.82, 2.24) is 9.80 Å². The summed E-state index contributed by atoms with van der Waals surface area (Å²) in [6.45, 7) is 1.09. The van der Waals surface area contributed by atoms with Crippen molar-refractivity contribution < 1.29 is 19.8 Å². The van der Waals surface area contributed by atoms with Gasteiger partial charge in [-0.2, -0.15) is 0 Å². The number of hydrogen-bond donors (Lipinski definition) is 2. The third kappa shape index (κ3) is 2.68. The smallest absolute Gasteiger partial charge is 0.335 e. The van der Waals surface area contributed by atoms with Crippen molar-refractivity contribution in [3.05, 3.63) is 34.9 Å². The highest BCUT2D eigenvalue weighted by molar-refractivity contribution is 5.88. The monoisotopic (exact) mass is 264 g/mol. The van der Waals surface area contributed by atoms with Crippen LogP contribution in [0.15, 0.2) is 18.2 Å². The third-order valence-corrected chi connectivity index (χ3v) is 3.21. The van der Waals surface area contributed by atoms with Gasteiger partial charge in [0.1, 0.15) is 0 Å². The molecule has 2 N–H and O–H groups in total. The zero-order chi connectivity index (χ0) is 14.0. The predicted octanol–water partition coefficient (Wildman–Crippen LogP) is 0.744. The number of hydrogen-bond acceptors (Lipinski definition) is 3. The lowest BCUT2D eigenvalue weighted by Crippen LogP contribution is -2.39. The van der Waals surface area contributed by atoms with E-state index in [9.17, 15) is 9.59 Å². The molecule has 2 rings (SSSR count). The van der Waals surface area contributed by atoms with E-state index in [1.807, 2.05) is 0 Å². The van der Waals surface area contributed by atoms with Crippen LogP contribution in [-0.2, 0) is 13.1 Å². The van der Waals surface area contributed by atoms with Crippen molar-refractivity contribution in [3.8, 4) is 0 Å². The molecule has 0 radical (unpaired) electrons. The summed E-state index contributed by atoms with van der Waals surface area (Å²) in [6.07, 6.45) is 0. The zero-order valence-corrected chi connectivity index (χ0v) is 10.7. The molecule has 6 nitrogen and oxygen atoms in total. The molecule has 1 aliphatic rings. The average Bonchev–Trinajstić information content (AvgIpc) is 2.80. The Hall–Kier alpha value is -2.08. The second kappa shape index (κ2) is 5.27. The van der Waals surface area contributed by atoms with Crippen molar-refractivity contribution >= 4 is 12.0 Å². The molecule has 1 aromatic carbocycles. The van der Waals surface area contributed by atoms with Crippen LogP contribution < -0.4 is 0 Å². The first-order valence-electron chi connectivity index (χ1n) is 5.99. The van der Waals surface area contributed by atoms with Gasteiger partial charge in [-0.25, -0.2) is 9.59 Å². The van der Waals surface area contributed by atoms with Crippen molar-refractivity contribution in [1.29, 1.82) is 0 Å². The number of carboxylic acid groups (broad SMARTS) is 1. The molecular formula is C13H16N2O4. The van der Waals surface area contributed by atoms with E-state index in [0.29, 0.717) is 13.1 Å². The van der Waals surface area contributed by atoms with Gasteiger partial charge in [-0.15, -0.1) is 0 Å². The predicted molar refractivity (Wildman–Crippen MR) is 67.8 cm³/mol. The average molecular weight is 264 g/mol. The fourth-order valence-electron chi connectivity index (χ4n) is 2.15. The zero-order valence-electron chi connectivity index (χ0n) is 10.7. The SMILES string of the molecule is CN(CCO)C(=O)N1Cc2ccc(C(=O)O)cc2C1. The normalized spacial score (nSPS) is 13.3. The van der Waals surface area contributed by atoms with Crippen LogP contribution >= 0.6 is 0 Å². The highest BCUT2D eigenvalue weighted by Crippen LogP contribution is 2.24. The third-order valence-electron chi connectivity index (χ3n) is 3.21. The number of amides is 2. The molecule has 0 spiro atoms. The van der Waals surface area contributed by atoms with Crippen molar-refractivity contribution in [2.24, 2.45) is 0 Å². The summed E-state index contributed by atoms with van der Waals surface area (Å²) in [6, 6.07) is 4.74. The molecule has 1 aliphatic heterocycles. The fourth-order valence-corrected chi connectivity index (χ4v) is 2.15. The molecule has 0 aliphatic carbocycles. The highest BCUT2D eigenvalue weighted by Gasteiger charge is 2.26. The molecule has 102 valence electrons. The minimum Gasteiger partial charge on any atom is -0.478 e. The first-order chi connectivity index (χ1) is 9.02. The van der Waals surface area contributed by atoms with Crippen LogP contribution in [0, 0.1) is 0 Å². The van der Waals surface area contributed by atoms with Gasteiger partial charge in [0.15, 0.2) is 0 Å². The fraction of sp³-hybridized carbons (Fsp3) is 0.385. The van der Waals surface area contributed by atoms with Gasteiger partial charge in [-0.3, -0.25) is 0 Å². The maximum absolute atomic E-state index is 12.0. The van der Waals surface area contributed by atoms with E-state index in [0.717, 1.165) is 11.1 Å². The van der Waals surface area contributed by atoms with Crippen molar-refractivity contribution in [2.45, 2.75) is 13.1 Å². The summed E-state index contributed by atoms with van der Waals surface area (Å²) < 4.78 is 0. The Labute approximate surface area is 110 Å². The van der Waals surface area contributed by atoms with Crippen LogP contribution in [0.4, 0.5) is 4.79 Å². The maximum Gasteiger partial charge on any atom is 0.335 e. The summed E-state index contributed by atoms with van der Waals surface area (Å²) >= 11 is 0. The molecule has 6 heteroatoms. The second-order valence-electron chi connectivity index (χ2n) is 4.57. The lowest BCUT2D eigenvalue weighted by atomic mass is 10.1. The van der Waals surface area contributed by atoms with E-state index in [1.165, 1.54) is 4.90 Å². The Bertz CT molecular complexity index is 515. The topological polar surface area (TPSA) is 81.1 Å². The number of likely N-dealkylation sites (N-methyl/N-ethyl adjacent to an activating group) is 1. The highest BCUT2D eigenvalue weighted by atomic mass is 16.4. The number of aliphatic hydroxyl groups excluding tert-OH is 1. The van der Waals surface area contributed by atoms with E-state index in [4.69, 9.17) is 10.2 Å². The Kier molecular flexibility index (Phi) is 3.71. The first-order valence-corrected chi connectivity index (χ1v) is 5.99. The van der Waals surface area contributed by atoms with Gasteiger partial charge in [-0.1, -0.05) is 6.07 Å². The van der Waals surface area contributed by atoms with Crippen LogP contribution in [0.2, 0.25) is 0 Å². The molecule has 0 bridgehead atoms. The van der Waals surface area contributed by atoms with Gasteiger partial charge >= 0.3 is 12.0 Å². The Balaban J connectivity index is 2.12. The number of nitrogens with zero attached hydrogens (tertiary/aromatic N) is 2. The van der Waals surface area contributed by atoms with Crippen LogP contribution in [0.25, 0.3) is 0 Å². The van der Waals surface area contributed by atoms with Crippen LogP contribution in [-0.4, -0.2) is 52.2 Å². The van der Waals surface area contributed by atoms with E-state index in [-0.39, 0.29) is 24.7 Å². The lowest BCUT2D eigenvalue weighted by Gasteiger charge is -2.23. The lowest BCUT2D eigenvalue weighted by molar-refractivity contribution is 0.0696. The second-order valence-corrected chi connectivity index (χ2v) is 4.57. The maximum atomic E-state index is 12.0.